The van der Waals surface area contributed by atoms with Gasteiger partial charge in [0.2, 0.25) is 11.8 Å². The van der Waals surface area contributed by atoms with Gasteiger partial charge in [-0.2, -0.15) is 0 Å². The molecule has 1 unspecified atom stereocenters. The second kappa shape index (κ2) is 11.6. The van der Waals surface area contributed by atoms with Gasteiger partial charge in [0.15, 0.2) is 0 Å². The molecular formula is C29H29ClN4O4. The van der Waals surface area contributed by atoms with Crippen LogP contribution in [0.2, 0.25) is 5.02 Å². The maximum Gasteiger partial charge on any atom is 0.303 e. The smallest absolute Gasteiger partial charge is 0.303 e. The SMILES string of the molecule is CN(C)CC(=O)N(C)c1ccc(N=C(c2ccc(CCC(=O)O)cc2)C2C(=O)Nc3cc(Cl)ccc32)cc1. The summed E-state index contributed by atoms with van der Waals surface area (Å²) in [4.78, 5) is 44.8. The number of hydrogen-bond donors (Lipinski definition) is 2. The number of nitrogens with one attached hydrogen (secondary N) is 1. The number of aryl methyl sites for hydroxylation is 1. The van der Waals surface area contributed by atoms with Crippen LogP contribution in [0.4, 0.5) is 17.1 Å². The molecule has 0 spiro atoms. The summed E-state index contributed by atoms with van der Waals surface area (Å²) in [6, 6.07) is 20.0. The van der Waals surface area contributed by atoms with Gasteiger partial charge in [0.05, 0.1) is 17.9 Å². The van der Waals surface area contributed by atoms with Crippen molar-refractivity contribution in [1.29, 1.82) is 0 Å². The van der Waals surface area contributed by atoms with Crippen LogP contribution in [0.3, 0.4) is 0 Å². The minimum absolute atomic E-state index is 0.0344. The van der Waals surface area contributed by atoms with Crippen molar-refractivity contribution < 1.29 is 19.5 Å². The van der Waals surface area contributed by atoms with Crippen LogP contribution >= 0.6 is 11.6 Å². The molecule has 4 rings (SSSR count). The van der Waals surface area contributed by atoms with Crippen molar-refractivity contribution in [3.8, 4) is 0 Å². The summed E-state index contributed by atoms with van der Waals surface area (Å²) in [6.45, 7) is 0.295. The lowest BCUT2D eigenvalue weighted by atomic mass is 9.90. The first-order chi connectivity index (χ1) is 18.1. The lowest BCUT2D eigenvalue weighted by Crippen LogP contribution is -2.34. The van der Waals surface area contributed by atoms with Crippen molar-refractivity contribution in [3.63, 3.8) is 0 Å². The quantitative estimate of drug-likeness (QED) is 0.388. The number of aliphatic imine (C=N–C) groups is 1. The van der Waals surface area contributed by atoms with Gasteiger partial charge in [0, 0.05) is 29.9 Å². The topological polar surface area (TPSA) is 102 Å². The number of carboxylic acids is 1. The summed E-state index contributed by atoms with van der Waals surface area (Å²) < 4.78 is 0. The molecule has 0 saturated heterocycles. The van der Waals surface area contributed by atoms with Gasteiger partial charge >= 0.3 is 5.97 Å². The molecule has 2 N–H and O–H groups in total. The molecule has 0 aromatic heterocycles. The molecule has 0 aliphatic carbocycles. The number of halogens is 1. The molecule has 1 atom stereocenters. The van der Waals surface area contributed by atoms with Gasteiger partial charge in [-0.15, -0.1) is 0 Å². The number of nitrogens with zero attached hydrogens (tertiary/aromatic N) is 3. The number of hydrogen-bond acceptors (Lipinski definition) is 5. The van der Waals surface area contributed by atoms with E-state index in [2.05, 4.69) is 5.32 Å². The van der Waals surface area contributed by atoms with Crippen molar-refractivity contribution in [2.75, 3.05) is 37.9 Å². The van der Waals surface area contributed by atoms with Crippen LogP contribution in [0.5, 0.6) is 0 Å². The highest BCUT2D eigenvalue weighted by Crippen LogP contribution is 2.38. The van der Waals surface area contributed by atoms with E-state index in [1.54, 1.807) is 24.1 Å². The zero-order valence-electron chi connectivity index (χ0n) is 21.4. The van der Waals surface area contributed by atoms with Gasteiger partial charge in [0.25, 0.3) is 0 Å². The number of aliphatic carboxylic acids is 1. The maximum absolute atomic E-state index is 13.1. The Bertz CT molecular complexity index is 1380. The average molecular weight is 533 g/mol. The lowest BCUT2D eigenvalue weighted by Gasteiger charge is -2.20. The van der Waals surface area contributed by atoms with Crippen molar-refractivity contribution in [3.05, 3.63) is 88.4 Å². The minimum Gasteiger partial charge on any atom is -0.481 e. The van der Waals surface area contributed by atoms with E-state index in [-0.39, 0.29) is 18.2 Å². The molecule has 196 valence electrons. The first-order valence-electron chi connectivity index (χ1n) is 12.1. The van der Waals surface area contributed by atoms with E-state index in [1.165, 1.54) is 0 Å². The molecule has 0 radical (unpaired) electrons. The summed E-state index contributed by atoms with van der Waals surface area (Å²) in [5.41, 5.74) is 4.97. The number of benzene rings is 3. The number of fused-ring (bicyclic) bond motifs is 1. The molecule has 2 amide bonds. The van der Waals surface area contributed by atoms with E-state index in [1.807, 2.05) is 73.6 Å². The van der Waals surface area contributed by atoms with Gasteiger partial charge in [-0.3, -0.25) is 19.4 Å². The third-order valence-corrected chi connectivity index (χ3v) is 6.54. The third-order valence-electron chi connectivity index (χ3n) is 6.31. The molecular weight excluding hydrogens is 504 g/mol. The molecule has 0 saturated carbocycles. The lowest BCUT2D eigenvalue weighted by molar-refractivity contribution is -0.137. The highest BCUT2D eigenvalue weighted by atomic mass is 35.5. The molecule has 1 aliphatic rings. The molecule has 3 aromatic carbocycles. The van der Waals surface area contributed by atoms with Crippen molar-refractivity contribution in [1.82, 2.24) is 4.90 Å². The fourth-order valence-electron chi connectivity index (χ4n) is 4.31. The monoisotopic (exact) mass is 532 g/mol. The molecule has 38 heavy (non-hydrogen) atoms. The predicted molar refractivity (Wildman–Crippen MR) is 150 cm³/mol. The highest BCUT2D eigenvalue weighted by molar-refractivity contribution is 6.31. The van der Waals surface area contributed by atoms with Crippen LogP contribution in [0.25, 0.3) is 0 Å². The van der Waals surface area contributed by atoms with Crippen molar-refractivity contribution in [2.45, 2.75) is 18.8 Å². The summed E-state index contributed by atoms with van der Waals surface area (Å²) in [5, 5.41) is 12.4. The number of carboxylic acid groups (broad SMARTS) is 1. The number of amides is 2. The number of rotatable bonds is 9. The number of anilines is 2. The zero-order chi connectivity index (χ0) is 27.4. The maximum atomic E-state index is 13.1. The van der Waals surface area contributed by atoms with Gasteiger partial charge in [-0.1, -0.05) is 41.9 Å². The summed E-state index contributed by atoms with van der Waals surface area (Å²) in [5.74, 6) is -1.75. The predicted octanol–water partition coefficient (Wildman–Crippen LogP) is 4.74. The Hall–Kier alpha value is -4.01. The molecule has 0 bridgehead atoms. The third kappa shape index (κ3) is 6.27. The Morgan fingerprint density at radius 1 is 1.00 bits per heavy atom. The van der Waals surface area contributed by atoms with Crippen LogP contribution in [0, 0.1) is 0 Å². The Morgan fingerprint density at radius 3 is 2.32 bits per heavy atom. The van der Waals surface area contributed by atoms with Crippen LogP contribution in [0.15, 0.2) is 71.7 Å². The Balaban J connectivity index is 1.70. The summed E-state index contributed by atoms with van der Waals surface area (Å²) in [7, 11) is 5.41. The Kier molecular flexibility index (Phi) is 8.24. The molecule has 1 heterocycles. The number of carbonyl (C=O) groups excluding carboxylic acids is 2. The molecule has 9 heteroatoms. The second-order valence-electron chi connectivity index (χ2n) is 9.45. The van der Waals surface area contributed by atoms with E-state index in [0.717, 1.165) is 22.4 Å². The van der Waals surface area contributed by atoms with Gasteiger partial charge in [0.1, 0.15) is 5.92 Å². The van der Waals surface area contributed by atoms with E-state index < -0.39 is 11.9 Å². The van der Waals surface area contributed by atoms with Crippen LogP contribution in [-0.4, -0.2) is 61.2 Å². The zero-order valence-corrected chi connectivity index (χ0v) is 22.2. The molecule has 0 fully saturated rings. The van der Waals surface area contributed by atoms with Gasteiger partial charge in [-0.25, -0.2) is 0 Å². The molecule has 3 aromatic rings. The van der Waals surface area contributed by atoms with E-state index >= 15 is 0 Å². The van der Waals surface area contributed by atoms with Gasteiger partial charge < -0.3 is 20.2 Å². The van der Waals surface area contributed by atoms with Crippen LogP contribution in [-0.2, 0) is 20.8 Å². The van der Waals surface area contributed by atoms with E-state index in [0.29, 0.717) is 35.1 Å². The fraction of sp³-hybridized carbons (Fsp3) is 0.241. The first kappa shape index (κ1) is 27.0. The normalized spacial score (nSPS) is 14.8. The second-order valence-corrected chi connectivity index (χ2v) is 9.88. The molecule has 8 nitrogen and oxygen atoms in total. The average Bonchev–Trinajstić information content (AvgIpc) is 3.20. The largest absolute Gasteiger partial charge is 0.481 e. The molecule has 1 aliphatic heterocycles. The van der Waals surface area contributed by atoms with Crippen molar-refractivity contribution >= 4 is 52.2 Å². The standard InChI is InChI=1S/C29H29ClN4O4/c1-33(2)17-25(35)34(3)22-12-10-21(11-13-22)31-28(19-7-4-18(5-8-19)6-15-26(36)37)27-23-14-9-20(30)16-24(23)32-29(27)38/h4-5,7-14,16,27H,6,15,17H2,1-3H3,(H,32,38)(H,36,37). The number of carbonyl (C=O) groups is 3. The van der Waals surface area contributed by atoms with E-state index in [4.69, 9.17) is 21.7 Å². The summed E-state index contributed by atoms with van der Waals surface area (Å²) >= 11 is 6.15. The fourth-order valence-corrected chi connectivity index (χ4v) is 4.48. The first-order valence-corrected chi connectivity index (χ1v) is 12.5. The highest BCUT2D eigenvalue weighted by Gasteiger charge is 2.35. The summed E-state index contributed by atoms with van der Waals surface area (Å²) in [6.07, 6.45) is 0.451. The van der Waals surface area contributed by atoms with Crippen molar-refractivity contribution in [2.24, 2.45) is 4.99 Å². The van der Waals surface area contributed by atoms with Crippen LogP contribution < -0.4 is 10.2 Å². The van der Waals surface area contributed by atoms with E-state index in [9.17, 15) is 14.4 Å². The van der Waals surface area contributed by atoms with Crippen LogP contribution in [0.1, 0.15) is 29.0 Å². The van der Waals surface area contributed by atoms with Gasteiger partial charge in [-0.05, 0) is 73.6 Å². The number of likely N-dealkylation sites (N-methyl/N-ethyl adjacent to an activating group) is 2. The Labute approximate surface area is 226 Å². The Morgan fingerprint density at radius 2 is 1.68 bits per heavy atom. The minimum atomic E-state index is -0.855.